The fourth-order valence-electron chi connectivity index (χ4n) is 9.13. The third-order valence-corrected chi connectivity index (χ3v) is 11.0. The van der Waals surface area contributed by atoms with Gasteiger partial charge in [0.2, 0.25) is 0 Å². The molecule has 0 amide bonds. The van der Waals surface area contributed by atoms with Crippen molar-refractivity contribution in [1.29, 1.82) is 0 Å². The minimum Gasteiger partial charge on any atom is -0.458 e. The van der Waals surface area contributed by atoms with E-state index in [2.05, 4.69) is 46.5 Å². The molecule has 0 saturated heterocycles. The van der Waals surface area contributed by atoms with Crippen LogP contribution in [-0.4, -0.2) is 34.8 Å². The SMILES string of the molecule is CC1=N/C(=C\c2[nH]c(C)c(C(=O)OC3C(C)CC(C)CC3C)c2-c2ccccc2)C(c2ccccc2)=C1C(=O)OC1C(C)CC(C)CC1C. The monoisotopic (exact) mass is 660 g/mol. The van der Waals surface area contributed by atoms with Crippen molar-refractivity contribution in [2.75, 3.05) is 0 Å². The number of ether oxygens (including phenoxy) is 2. The highest BCUT2D eigenvalue weighted by atomic mass is 16.5. The third-order valence-electron chi connectivity index (χ3n) is 11.0. The normalized spacial score (nSPS) is 29.6. The second kappa shape index (κ2) is 14.3. The Bertz CT molecular complexity index is 1760. The maximum atomic E-state index is 14.1. The molecule has 1 aliphatic heterocycles. The van der Waals surface area contributed by atoms with E-state index in [1.54, 1.807) is 0 Å². The fourth-order valence-corrected chi connectivity index (χ4v) is 9.13. The van der Waals surface area contributed by atoms with Crippen LogP contribution in [0.5, 0.6) is 0 Å². The van der Waals surface area contributed by atoms with Crippen LogP contribution in [0, 0.1) is 42.4 Å². The third kappa shape index (κ3) is 7.11. The molecule has 0 bridgehead atoms. The fraction of sp³-hybridized carbons (Fsp3) is 0.465. The van der Waals surface area contributed by atoms with Crippen LogP contribution in [0.2, 0.25) is 0 Å². The quantitative estimate of drug-likeness (QED) is 0.256. The van der Waals surface area contributed by atoms with Gasteiger partial charge in [0.15, 0.2) is 0 Å². The van der Waals surface area contributed by atoms with E-state index in [0.29, 0.717) is 46.2 Å². The molecule has 4 atom stereocenters. The molecule has 6 rings (SSSR count). The maximum Gasteiger partial charge on any atom is 0.340 e. The number of H-pyrrole nitrogens is 1. The Hall–Kier alpha value is -4.19. The number of allylic oxidation sites excluding steroid dienone is 1. The lowest BCUT2D eigenvalue weighted by Crippen LogP contribution is -2.38. The van der Waals surface area contributed by atoms with E-state index in [9.17, 15) is 9.59 Å². The number of aromatic nitrogens is 1. The molecule has 258 valence electrons. The molecular formula is C43H52N2O4. The summed E-state index contributed by atoms with van der Waals surface area (Å²) >= 11 is 0. The van der Waals surface area contributed by atoms with E-state index in [-0.39, 0.29) is 36.0 Å². The largest absolute Gasteiger partial charge is 0.458 e. The number of carbonyl (C=O) groups is 2. The predicted molar refractivity (Wildman–Crippen MR) is 198 cm³/mol. The van der Waals surface area contributed by atoms with Crippen molar-refractivity contribution in [2.45, 2.75) is 93.3 Å². The Morgan fingerprint density at radius 3 is 1.67 bits per heavy atom. The van der Waals surface area contributed by atoms with Crippen molar-refractivity contribution in [3.05, 3.63) is 94.4 Å². The minimum absolute atomic E-state index is 0.135. The highest BCUT2D eigenvalue weighted by Gasteiger charge is 2.38. The van der Waals surface area contributed by atoms with Gasteiger partial charge < -0.3 is 14.5 Å². The van der Waals surface area contributed by atoms with Crippen LogP contribution in [0.15, 0.2) is 76.9 Å². The van der Waals surface area contributed by atoms with Crippen LogP contribution >= 0.6 is 0 Å². The van der Waals surface area contributed by atoms with Crippen molar-refractivity contribution in [3.63, 3.8) is 0 Å². The van der Waals surface area contributed by atoms with Gasteiger partial charge >= 0.3 is 11.9 Å². The van der Waals surface area contributed by atoms with E-state index < -0.39 is 0 Å². The first-order chi connectivity index (χ1) is 23.4. The highest BCUT2D eigenvalue weighted by molar-refractivity contribution is 6.29. The van der Waals surface area contributed by atoms with E-state index in [1.807, 2.05) is 80.6 Å². The summed E-state index contributed by atoms with van der Waals surface area (Å²) in [4.78, 5) is 36.8. The second-order valence-corrected chi connectivity index (χ2v) is 15.4. The average Bonchev–Trinajstić information content (AvgIpc) is 3.56. The van der Waals surface area contributed by atoms with E-state index in [1.165, 1.54) is 0 Å². The molecule has 2 fully saturated rings. The topological polar surface area (TPSA) is 80.8 Å². The lowest BCUT2D eigenvalue weighted by atomic mass is 9.75. The second-order valence-electron chi connectivity index (χ2n) is 15.4. The molecular weight excluding hydrogens is 608 g/mol. The lowest BCUT2D eigenvalue weighted by Gasteiger charge is -2.37. The molecule has 2 aromatic carbocycles. The Kier molecular flexibility index (Phi) is 10.1. The molecule has 1 aromatic heterocycles. The Labute approximate surface area is 292 Å². The molecule has 2 heterocycles. The molecule has 6 nitrogen and oxygen atoms in total. The molecule has 6 heteroatoms. The number of aryl methyl sites for hydroxylation is 1. The van der Waals surface area contributed by atoms with Crippen LogP contribution in [0.3, 0.4) is 0 Å². The summed E-state index contributed by atoms with van der Waals surface area (Å²) in [7, 11) is 0. The summed E-state index contributed by atoms with van der Waals surface area (Å²) in [6.07, 6.45) is 5.88. The van der Waals surface area contributed by atoms with Gasteiger partial charge in [0.05, 0.1) is 22.5 Å². The number of nitrogens with one attached hydrogen (secondary N) is 1. The van der Waals surface area contributed by atoms with Gasteiger partial charge in [0, 0.05) is 22.5 Å². The van der Waals surface area contributed by atoms with Gasteiger partial charge in [0.25, 0.3) is 0 Å². The van der Waals surface area contributed by atoms with Gasteiger partial charge in [-0.2, -0.15) is 0 Å². The first kappa shape index (κ1) is 34.7. The van der Waals surface area contributed by atoms with Crippen molar-refractivity contribution < 1.29 is 19.1 Å². The highest BCUT2D eigenvalue weighted by Crippen LogP contribution is 2.42. The van der Waals surface area contributed by atoms with Crippen LogP contribution < -0.4 is 0 Å². The Balaban J connectivity index is 1.43. The summed E-state index contributed by atoms with van der Waals surface area (Å²) in [5, 5.41) is 0. The van der Waals surface area contributed by atoms with Crippen LogP contribution in [0.1, 0.15) is 101 Å². The number of benzene rings is 2. The molecule has 2 aliphatic carbocycles. The maximum absolute atomic E-state index is 14.1. The Morgan fingerprint density at radius 2 is 1.16 bits per heavy atom. The van der Waals surface area contributed by atoms with Gasteiger partial charge in [-0.1, -0.05) is 102 Å². The number of aromatic amines is 1. The smallest absolute Gasteiger partial charge is 0.340 e. The van der Waals surface area contributed by atoms with Crippen molar-refractivity contribution >= 4 is 29.3 Å². The van der Waals surface area contributed by atoms with Gasteiger partial charge in [0.1, 0.15) is 12.2 Å². The van der Waals surface area contributed by atoms with Crippen LogP contribution in [0.25, 0.3) is 22.8 Å². The van der Waals surface area contributed by atoms with Crippen molar-refractivity contribution in [1.82, 2.24) is 4.98 Å². The summed E-state index contributed by atoms with van der Waals surface area (Å²) in [6, 6.07) is 19.9. The zero-order chi connectivity index (χ0) is 35.0. The summed E-state index contributed by atoms with van der Waals surface area (Å²) in [6.45, 7) is 17.1. The van der Waals surface area contributed by atoms with Crippen molar-refractivity contribution in [2.24, 2.45) is 40.5 Å². The number of carbonyl (C=O) groups excluding carboxylic acids is 2. The molecule has 1 N–H and O–H groups in total. The van der Waals surface area contributed by atoms with E-state index in [0.717, 1.165) is 59.3 Å². The summed E-state index contributed by atoms with van der Waals surface area (Å²) < 4.78 is 12.7. The molecule has 0 radical (unpaired) electrons. The van der Waals surface area contributed by atoms with Gasteiger partial charge in [-0.05, 0) is 92.2 Å². The number of esters is 2. The predicted octanol–water partition coefficient (Wildman–Crippen LogP) is 10.1. The molecule has 2 saturated carbocycles. The molecule has 3 aromatic rings. The van der Waals surface area contributed by atoms with Gasteiger partial charge in [-0.3, -0.25) is 4.99 Å². The number of nitrogens with zero attached hydrogens (tertiary/aromatic N) is 1. The standard InChI is InChI=1S/C43H52N2O4/c1-24-19-26(3)40(27(4)20-24)48-42(46)36-30(7)44-34(38(36)32-15-11-9-12-16-32)23-35-39(33-17-13-10-14-18-33)37(31(8)45-35)43(47)49-41-28(5)21-25(2)22-29(41)6/h9-18,23-29,40-41,44H,19-22H2,1-8H3/b35-23-. The van der Waals surface area contributed by atoms with Crippen LogP contribution in [0.4, 0.5) is 0 Å². The van der Waals surface area contributed by atoms with E-state index in [4.69, 9.17) is 14.5 Å². The molecule has 4 unspecified atom stereocenters. The van der Waals surface area contributed by atoms with Gasteiger partial charge in [-0.15, -0.1) is 0 Å². The number of hydrogen-bond donors (Lipinski definition) is 1. The van der Waals surface area contributed by atoms with E-state index >= 15 is 0 Å². The summed E-state index contributed by atoms with van der Waals surface area (Å²) in [5.74, 6) is 1.75. The van der Waals surface area contributed by atoms with Gasteiger partial charge in [-0.25, -0.2) is 9.59 Å². The molecule has 49 heavy (non-hydrogen) atoms. The number of aliphatic imine (C=N–C) groups is 1. The zero-order valence-corrected chi connectivity index (χ0v) is 30.4. The lowest BCUT2D eigenvalue weighted by molar-refractivity contribution is -0.152. The minimum atomic E-state index is -0.331. The molecule has 3 aliphatic rings. The number of hydrogen-bond acceptors (Lipinski definition) is 5. The number of rotatable bonds is 7. The zero-order valence-electron chi connectivity index (χ0n) is 30.4. The molecule has 0 spiro atoms. The van der Waals surface area contributed by atoms with Crippen molar-refractivity contribution in [3.8, 4) is 11.1 Å². The average molecular weight is 661 g/mol. The first-order valence-electron chi connectivity index (χ1n) is 18.2. The Morgan fingerprint density at radius 1 is 0.694 bits per heavy atom. The first-order valence-corrected chi connectivity index (χ1v) is 18.2. The van der Waals surface area contributed by atoms with Crippen LogP contribution in [-0.2, 0) is 14.3 Å². The summed E-state index contributed by atoms with van der Waals surface area (Å²) in [5.41, 5.74) is 7.08.